The van der Waals surface area contributed by atoms with Gasteiger partial charge in [-0.1, -0.05) is 133 Å². The van der Waals surface area contributed by atoms with Gasteiger partial charge in [0.25, 0.3) is 0 Å². The molecule has 0 radical (unpaired) electrons. The topological polar surface area (TPSA) is 0 Å². The lowest BCUT2D eigenvalue weighted by Gasteiger charge is -2.31. The van der Waals surface area contributed by atoms with Gasteiger partial charge in [-0.2, -0.15) is 0 Å². The third-order valence-corrected chi connectivity index (χ3v) is 9.20. The Morgan fingerprint density at radius 3 is 1.68 bits per heavy atom. The highest BCUT2D eigenvalue weighted by Crippen LogP contribution is 2.58. The molecule has 0 N–H and O–H groups in total. The third kappa shape index (κ3) is 2.96. The fourth-order valence-corrected chi connectivity index (χ4v) is 7.57. The van der Waals surface area contributed by atoms with Crippen LogP contribution in [0, 0.1) is 5.92 Å². The summed E-state index contributed by atoms with van der Waals surface area (Å²) >= 11 is 0. The number of benzene rings is 6. The summed E-state index contributed by atoms with van der Waals surface area (Å²) in [6, 6.07) is 44.8. The predicted octanol–water partition coefficient (Wildman–Crippen LogP) is 10.5. The van der Waals surface area contributed by atoms with E-state index in [0.717, 1.165) is 0 Å². The van der Waals surface area contributed by atoms with E-state index in [4.69, 9.17) is 0 Å². The van der Waals surface area contributed by atoms with E-state index in [1.54, 1.807) is 0 Å². The van der Waals surface area contributed by atoms with Crippen molar-refractivity contribution in [3.63, 3.8) is 0 Å². The van der Waals surface area contributed by atoms with Crippen LogP contribution >= 0.6 is 0 Å². The number of rotatable bonds is 2. The zero-order valence-electron chi connectivity index (χ0n) is 22.0. The molecule has 0 heteroatoms. The average Bonchev–Trinajstić information content (AvgIpc) is 3.33. The monoisotopic (exact) mass is 506 g/mol. The molecule has 0 fully saturated rings. The van der Waals surface area contributed by atoms with Crippen molar-refractivity contribution in [1.82, 2.24) is 0 Å². The maximum atomic E-state index is 2.52. The maximum Gasteiger partial charge on any atom is 0.0206 e. The Morgan fingerprint density at radius 2 is 1.02 bits per heavy atom. The van der Waals surface area contributed by atoms with Gasteiger partial charge < -0.3 is 0 Å². The van der Waals surface area contributed by atoms with Crippen LogP contribution in [0.2, 0.25) is 0 Å². The second-order valence-corrected chi connectivity index (χ2v) is 11.2. The van der Waals surface area contributed by atoms with E-state index in [-0.39, 0.29) is 0 Å². The quantitative estimate of drug-likeness (QED) is 0.205. The molecule has 0 spiro atoms. The van der Waals surface area contributed by atoms with Crippen molar-refractivity contribution < 1.29 is 0 Å². The minimum atomic E-state index is 0.376. The van der Waals surface area contributed by atoms with Gasteiger partial charge in [-0.15, -0.1) is 0 Å². The fourth-order valence-electron chi connectivity index (χ4n) is 7.57. The van der Waals surface area contributed by atoms with Crippen LogP contribution in [0.3, 0.4) is 0 Å². The van der Waals surface area contributed by atoms with E-state index in [1.807, 2.05) is 0 Å². The fraction of sp³-hybridized carbons (Fsp3) is 0.0500. The average molecular weight is 507 g/mol. The lowest BCUT2D eigenvalue weighted by atomic mass is 9.72. The van der Waals surface area contributed by atoms with Crippen molar-refractivity contribution in [1.29, 1.82) is 0 Å². The summed E-state index contributed by atoms with van der Waals surface area (Å²) in [5.41, 5.74) is 13.7. The van der Waals surface area contributed by atoms with Crippen LogP contribution in [0.5, 0.6) is 0 Å². The van der Waals surface area contributed by atoms with E-state index >= 15 is 0 Å². The van der Waals surface area contributed by atoms with Crippen molar-refractivity contribution in [2.45, 2.75) is 5.92 Å². The van der Waals surface area contributed by atoms with Crippen LogP contribution in [0.25, 0.3) is 61.0 Å². The SMILES string of the molecule is C1=CC2c3ccccc3C=C3c4cc5c(-c6ccccc6)c6ccccc6c(-c6ccccc6)c5cc4C(=C1)C32. The zero-order valence-corrected chi connectivity index (χ0v) is 22.0. The van der Waals surface area contributed by atoms with Gasteiger partial charge in [-0.25, -0.2) is 0 Å². The van der Waals surface area contributed by atoms with E-state index in [9.17, 15) is 0 Å². The Balaban J connectivity index is 1.46. The van der Waals surface area contributed by atoms with Crippen LogP contribution in [0.15, 0.2) is 140 Å². The molecule has 0 aliphatic heterocycles. The van der Waals surface area contributed by atoms with Gasteiger partial charge in [-0.05, 0) is 89.3 Å². The Labute approximate surface area is 234 Å². The number of hydrogen-bond donors (Lipinski definition) is 0. The molecule has 186 valence electrons. The second-order valence-electron chi connectivity index (χ2n) is 11.2. The highest BCUT2D eigenvalue weighted by atomic mass is 14.4. The Bertz CT molecular complexity index is 2090. The molecule has 2 unspecified atom stereocenters. The van der Waals surface area contributed by atoms with Crippen molar-refractivity contribution in [3.05, 3.63) is 162 Å². The molecule has 9 rings (SSSR count). The molecule has 0 saturated heterocycles. The van der Waals surface area contributed by atoms with E-state index in [1.165, 1.54) is 77.2 Å². The molecule has 40 heavy (non-hydrogen) atoms. The Morgan fingerprint density at radius 1 is 0.475 bits per heavy atom. The number of hydrogen-bond acceptors (Lipinski definition) is 0. The Hall–Kier alpha value is -4.94. The van der Waals surface area contributed by atoms with Crippen molar-refractivity contribution in [3.8, 4) is 22.3 Å². The summed E-state index contributed by atoms with van der Waals surface area (Å²) in [5.74, 6) is 0.759. The lowest BCUT2D eigenvalue weighted by molar-refractivity contribution is 0.738. The highest BCUT2D eigenvalue weighted by molar-refractivity contribution is 6.23. The first-order valence-corrected chi connectivity index (χ1v) is 14.2. The number of allylic oxidation sites excluding steroid dienone is 5. The standard InChI is InChI=1S/C40H26/c1-3-12-25(13-4-1)38-30-18-9-10-19-31(30)39(26-14-5-2-6-15-26)37-24-34-33(23-36(37)38)32-21-11-20-29-28-17-8-7-16-27(28)22-35(34)40(29)32/h1-24,29,40H. The summed E-state index contributed by atoms with van der Waals surface area (Å²) in [5, 5.41) is 5.26. The van der Waals surface area contributed by atoms with E-state index in [0.29, 0.717) is 11.8 Å². The van der Waals surface area contributed by atoms with Crippen LogP contribution in [0.1, 0.15) is 28.2 Å². The van der Waals surface area contributed by atoms with E-state index < -0.39 is 0 Å². The van der Waals surface area contributed by atoms with Crippen molar-refractivity contribution in [2.24, 2.45) is 5.92 Å². The van der Waals surface area contributed by atoms with Gasteiger partial charge in [0.1, 0.15) is 0 Å². The molecule has 0 aromatic heterocycles. The van der Waals surface area contributed by atoms with Gasteiger partial charge in [0.15, 0.2) is 0 Å². The molecule has 0 heterocycles. The predicted molar refractivity (Wildman–Crippen MR) is 170 cm³/mol. The van der Waals surface area contributed by atoms with Crippen molar-refractivity contribution >= 4 is 38.8 Å². The van der Waals surface area contributed by atoms with Crippen LogP contribution in [-0.4, -0.2) is 0 Å². The zero-order chi connectivity index (χ0) is 26.2. The summed E-state index contributed by atoms with van der Waals surface area (Å²) < 4.78 is 0. The number of fused-ring (bicyclic) bond motifs is 7. The van der Waals surface area contributed by atoms with Crippen molar-refractivity contribution in [2.75, 3.05) is 0 Å². The largest absolute Gasteiger partial charge is 0.0760 e. The summed E-state index contributed by atoms with van der Waals surface area (Å²) in [4.78, 5) is 0. The molecule has 3 aliphatic rings. The van der Waals surface area contributed by atoms with Crippen LogP contribution in [-0.2, 0) is 0 Å². The second kappa shape index (κ2) is 8.28. The molecular formula is C40H26. The molecule has 0 nitrogen and oxygen atoms in total. The Kier molecular flexibility index (Phi) is 4.54. The molecule has 2 atom stereocenters. The smallest absolute Gasteiger partial charge is 0.0206 e. The molecule has 6 aromatic rings. The molecule has 3 aliphatic carbocycles. The first-order chi connectivity index (χ1) is 19.9. The molecule has 0 bridgehead atoms. The van der Waals surface area contributed by atoms with Gasteiger partial charge in [0.2, 0.25) is 0 Å². The molecule has 6 aromatic carbocycles. The van der Waals surface area contributed by atoms with Gasteiger partial charge in [-0.3, -0.25) is 0 Å². The minimum Gasteiger partial charge on any atom is -0.0760 e. The van der Waals surface area contributed by atoms with Crippen LogP contribution < -0.4 is 0 Å². The van der Waals surface area contributed by atoms with E-state index in [2.05, 4.69) is 146 Å². The summed E-state index contributed by atoms with van der Waals surface area (Å²) in [6.07, 6.45) is 9.51. The third-order valence-electron chi connectivity index (χ3n) is 9.20. The molecule has 0 saturated carbocycles. The van der Waals surface area contributed by atoms with Gasteiger partial charge in [0, 0.05) is 11.8 Å². The van der Waals surface area contributed by atoms with Crippen LogP contribution in [0.4, 0.5) is 0 Å². The van der Waals surface area contributed by atoms with Gasteiger partial charge in [0.05, 0.1) is 0 Å². The first-order valence-electron chi connectivity index (χ1n) is 14.2. The molecular weight excluding hydrogens is 480 g/mol. The summed E-state index contributed by atoms with van der Waals surface area (Å²) in [7, 11) is 0. The maximum absolute atomic E-state index is 2.52. The minimum absolute atomic E-state index is 0.376. The lowest BCUT2D eigenvalue weighted by Crippen LogP contribution is -2.16. The van der Waals surface area contributed by atoms with Gasteiger partial charge >= 0.3 is 0 Å². The molecule has 0 amide bonds. The normalized spacial score (nSPS) is 18.2. The highest BCUT2D eigenvalue weighted by Gasteiger charge is 2.41. The first kappa shape index (κ1) is 21.9. The summed E-state index contributed by atoms with van der Waals surface area (Å²) in [6.45, 7) is 0.